The topological polar surface area (TPSA) is 64.3 Å². The molecule has 2 atom stereocenters. The van der Waals surface area contributed by atoms with E-state index in [2.05, 4.69) is 12.2 Å². The van der Waals surface area contributed by atoms with E-state index in [0.717, 1.165) is 12.5 Å². The van der Waals surface area contributed by atoms with Crippen molar-refractivity contribution < 1.29 is 9.53 Å². The monoisotopic (exact) mass is 310 g/mol. The lowest BCUT2D eigenvalue weighted by Gasteiger charge is -2.17. The van der Waals surface area contributed by atoms with E-state index < -0.39 is 5.97 Å². The van der Waals surface area contributed by atoms with Crippen LogP contribution in [0, 0.1) is 11.8 Å². The van der Waals surface area contributed by atoms with Crippen LogP contribution in [-0.2, 0) is 4.74 Å². The minimum absolute atomic E-state index is 0.324. The highest BCUT2D eigenvalue weighted by molar-refractivity contribution is 6.34. The summed E-state index contributed by atoms with van der Waals surface area (Å²) < 4.78 is 5.07. The number of rotatable bonds is 5. The summed E-state index contributed by atoms with van der Waals surface area (Å²) in [4.78, 5) is 12.0. The molecule has 2 rings (SSSR count). The molecule has 0 amide bonds. The van der Waals surface area contributed by atoms with Crippen molar-refractivity contribution in [2.24, 2.45) is 11.8 Å². The van der Waals surface area contributed by atoms with Gasteiger partial charge in [0.2, 0.25) is 0 Å². The van der Waals surface area contributed by atoms with Crippen LogP contribution < -0.4 is 11.1 Å². The van der Waals surface area contributed by atoms with Crippen molar-refractivity contribution in [3.8, 4) is 0 Å². The lowest BCUT2D eigenvalue weighted by Crippen LogP contribution is -2.16. The molecule has 3 N–H and O–H groups in total. The molecule has 1 saturated carbocycles. The second kappa shape index (κ2) is 7.03. The number of nitrogens with two attached hydrogens (primary N) is 1. The van der Waals surface area contributed by atoms with Gasteiger partial charge >= 0.3 is 5.97 Å². The molecule has 116 valence electrons. The Morgan fingerprint density at radius 2 is 2.24 bits per heavy atom. The van der Waals surface area contributed by atoms with Crippen LogP contribution in [-0.4, -0.2) is 19.1 Å². The number of halogens is 1. The first kappa shape index (κ1) is 16.0. The normalized spacial score (nSPS) is 21.3. The predicted molar refractivity (Wildman–Crippen MR) is 86.8 cm³/mol. The molecule has 0 spiro atoms. The van der Waals surface area contributed by atoms with Crippen LogP contribution in [0.3, 0.4) is 0 Å². The Bertz CT molecular complexity index is 519. The molecule has 4 nitrogen and oxygen atoms in total. The Balaban J connectivity index is 2.14. The third kappa shape index (κ3) is 4.03. The molecule has 0 aliphatic heterocycles. The van der Waals surface area contributed by atoms with Gasteiger partial charge in [-0.3, -0.25) is 0 Å². The second-order valence-corrected chi connectivity index (χ2v) is 6.22. The van der Waals surface area contributed by atoms with Gasteiger partial charge in [0.15, 0.2) is 0 Å². The van der Waals surface area contributed by atoms with E-state index in [0.29, 0.717) is 34.5 Å². The van der Waals surface area contributed by atoms with Gasteiger partial charge in [-0.2, -0.15) is 0 Å². The summed E-state index contributed by atoms with van der Waals surface area (Å²) in [7, 11) is 0. The summed E-state index contributed by atoms with van der Waals surface area (Å²) in [6.45, 7) is 5.20. The molecule has 1 aliphatic carbocycles. The van der Waals surface area contributed by atoms with Gasteiger partial charge in [-0.25, -0.2) is 4.79 Å². The third-order valence-corrected chi connectivity index (χ3v) is 4.28. The molecular formula is C16H23ClN2O2. The summed E-state index contributed by atoms with van der Waals surface area (Å²) in [6.07, 6.45) is 3.70. The number of benzene rings is 1. The Hall–Kier alpha value is -1.42. The fraction of sp³-hybridized carbons (Fsp3) is 0.562. The summed E-state index contributed by atoms with van der Waals surface area (Å²) in [6, 6.07) is 3.27. The number of anilines is 2. The van der Waals surface area contributed by atoms with Crippen LogP contribution in [0.4, 0.5) is 11.4 Å². The van der Waals surface area contributed by atoms with Crippen molar-refractivity contribution in [3.63, 3.8) is 0 Å². The van der Waals surface area contributed by atoms with Crippen LogP contribution in [0.2, 0.25) is 5.02 Å². The van der Waals surface area contributed by atoms with Gasteiger partial charge in [-0.05, 0) is 43.7 Å². The number of hydrogen-bond donors (Lipinski definition) is 2. The van der Waals surface area contributed by atoms with Gasteiger partial charge in [-0.15, -0.1) is 0 Å². The number of nitrogens with one attached hydrogen (secondary N) is 1. The zero-order valence-electron chi connectivity index (χ0n) is 12.6. The van der Waals surface area contributed by atoms with Gasteiger partial charge < -0.3 is 15.8 Å². The minimum Gasteiger partial charge on any atom is -0.462 e. The van der Waals surface area contributed by atoms with Crippen LogP contribution in [0.25, 0.3) is 0 Å². The highest BCUT2D eigenvalue weighted by Crippen LogP contribution is 2.33. The van der Waals surface area contributed by atoms with Crippen LogP contribution in [0.1, 0.15) is 43.5 Å². The standard InChI is InChI=1S/C16H23ClN2O2/c1-3-21-16(20)13-7-12(18)8-14(17)15(13)19-9-11-5-4-10(2)6-11/h7-8,10-11,19H,3-6,9,18H2,1-2H3. The Morgan fingerprint density at radius 3 is 2.86 bits per heavy atom. The van der Waals surface area contributed by atoms with Crippen molar-refractivity contribution in [2.75, 3.05) is 24.2 Å². The molecule has 0 radical (unpaired) electrons. The van der Waals surface area contributed by atoms with Gasteiger partial charge in [-0.1, -0.05) is 24.9 Å². The molecule has 0 heterocycles. The van der Waals surface area contributed by atoms with Gasteiger partial charge in [0.1, 0.15) is 0 Å². The number of esters is 1. The minimum atomic E-state index is -0.394. The van der Waals surface area contributed by atoms with Crippen molar-refractivity contribution in [3.05, 3.63) is 22.7 Å². The van der Waals surface area contributed by atoms with E-state index in [1.165, 1.54) is 19.3 Å². The maximum Gasteiger partial charge on any atom is 0.340 e. The van der Waals surface area contributed by atoms with E-state index in [-0.39, 0.29) is 0 Å². The van der Waals surface area contributed by atoms with Gasteiger partial charge in [0.05, 0.1) is 22.9 Å². The lowest BCUT2D eigenvalue weighted by atomic mass is 10.1. The molecule has 1 aromatic rings. The molecule has 1 fully saturated rings. The maximum absolute atomic E-state index is 12.0. The van der Waals surface area contributed by atoms with E-state index in [4.69, 9.17) is 22.1 Å². The average Bonchev–Trinajstić information content (AvgIpc) is 2.83. The van der Waals surface area contributed by atoms with Crippen LogP contribution in [0.5, 0.6) is 0 Å². The first-order chi connectivity index (χ1) is 10.0. The van der Waals surface area contributed by atoms with E-state index in [1.807, 2.05) is 0 Å². The molecule has 0 saturated heterocycles. The SMILES string of the molecule is CCOC(=O)c1cc(N)cc(Cl)c1NCC1CCC(C)C1. The van der Waals surface area contributed by atoms with E-state index in [1.54, 1.807) is 19.1 Å². The molecule has 5 heteroatoms. The summed E-state index contributed by atoms with van der Waals surface area (Å²) in [5.41, 5.74) is 7.28. The number of ether oxygens (including phenoxy) is 1. The Labute approximate surface area is 131 Å². The molecule has 1 aliphatic rings. The lowest BCUT2D eigenvalue weighted by molar-refractivity contribution is 0.0527. The first-order valence-corrected chi connectivity index (χ1v) is 7.89. The van der Waals surface area contributed by atoms with Crippen LogP contribution >= 0.6 is 11.6 Å². The first-order valence-electron chi connectivity index (χ1n) is 7.51. The molecule has 0 bridgehead atoms. The molecular weight excluding hydrogens is 288 g/mol. The second-order valence-electron chi connectivity index (χ2n) is 5.81. The molecule has 21 heavy (non-hydrogen) atoms. The van der Waals surface area contributed by atoms with E-state index >= 15 is 0 Å². The Morgan fingerprint density at radius 1 is 1.48 bits per heavy atom. The summed E-state index contributed by atoms with van der Waals surface area (Å²) in [5.74, 6) is 1.01. The van der Waals surface area contributed by atoms with Crippen molar-refractivity contribution in [2.45, 2.75) is 33.1 Å². The average molecular weight is 311 g/mol. The molecule has 1 aromatic carbocycles. The highest BCUT2D eigenvalue weighted by Gasteiger charge is 2.23. The van der Waals surface area contributed by atoms with Gasteiger partial charge in [0.25, 0.3) is 0 Å². The van der Waals surface area contributed by atoms with Gasteiger partial charge in [0, 0.05) is 12.2 Å². The summed E-state index contributed by atoms with van der Waals surface area (Å²) >= 11 is 6.24. The third-order valence-electron chi connectivity index (χ3n) is 3.98. The van der Waals surface area contributed by atoms with Crippen molar-refractivity contribution >= 4 is 28.9 Å². The highest BCUT2D eigenvalue weighted by atomic mass is 35.5. The fourth-order valence-electron chi connectivity index (χ4n) is 2.93. The van der Waals surface area contributed by atoms with Crippen molar-refractivity contribution in [1.82, 2.24) is 0 Å². The summed E-state index contributed by atoms with van der Waals surface area (Å²) in [5, 5.41) is 3.78. The van der Waals surface area contributed by atoms with E-state index in [9.17, 15) is 4.79 Å². The quantitative estimate of drug-likeness (QED) is 0.638. The Kier molecular flexibility index (Phi) is 5.34. The number of carbonyl (C=O) groups is 1. The number of hydrogen-bond acceptors (Lipinski definition) is 4. The molecule has 0 aromatic heterocycles. The number of carbonyl (C=O) groups excluding carboxylic acids is 1. The number of nitrogen functional groups attached to an aromatic ring is 1. The fourth-order valence-corrected chi connectivity index (χ4v) is 3.23. The smallest absolute Gasteiger partial charge is 0.340 e. The van der Waals surface area contributed by atoms with Crippen molar-refractivity contribution in [1.29, 1.82) is 0 Å². The predicted octanol–water partition coefficient (Wildman–Crippen LogP) is 3.95. The zero-order valence-corrected chi connectivity index (χ0v) is 13.4. The molecule has 2 unspecified atom stereocenters. The maximum atomic E-state index is 12.0. The largest absolute Gasteiger partial charge is 0.462 e. The zero-order chi connectivity index (χ0) is 15.4. The van der Waals surface area contributed by atoms with Crippen LogP contribution in [0.15, 0.2) is 12.1 Å².